The smallest absolute Gasteiger partial charge is 0.329 e. The highest BCUT2D eigenvalue weighted by molar-refractivity contribution is 6.06. The molecule has 0 bridgehead atoms. The highest BCUT2D eigenvalue weighted by atomic mass is 19.1. The molecule has 19 heteroatoms. The summed E-state index contributed by atoms with van der Waals surface area (Å²) < 4.78 is 37.3. The van der Waals surface area contributed by atoms with Crippen LogP contribution < -0.4 is 31.7 Å². The van der Waals surface area contributed by atoms with Crippen molar-refractivity contribution in [1.29, 1.82) is 0 Å². The van der Waals surface area contributed by atoms with Crippen molar-refractivity contribution in [2.45, 2.75) is 51.7 Å². The van der Waals surface area contributed by atoms with Gasteiger partial charge in [-0.15, -0.1) is 0 Å². The number of imide groups is 1. The molecule has 3 aliphatic rings. The van der Waals surface area contributed by atoms with E-state index in [1.54, 1.807) is 50.2 Å². The number of fused-ring (bicyclic) bond motifs is 2. The number of pyridine rings is 3. The lowest BCUT2D eigenvalue weighted by molar-refractivity contribution is -0.135. The van der Waals surface area contributed by atoms with Crippen molar-refractivity contribution < 1.29 is 23.2 Å². The first-order valence-electron chi connectivity index (χ1n) is 24.1. The van der Waals surface area contributed by atoms with Crippen LogP contribution in [0.4, 0.5) is 26.0 Å². The summed E-state index contributed by atoms with van der Waals surface area (Å²) in [6.45, 7) is 8.83. The van der Waals surface area contributed by atoms with Gasteiger partial charge in [-0.25, -0.2) is 23.5 Å². The summed E-state index contributed by atoms with van der Waals surface area (Å²) in [4.78, 5) is 82.0. The maximum atomic E-state index is 16.1. The molecule has 2 fully saturated rings. The van der Waals surface area contributed by atoms with Crippen LogP contribution in [0.25, 0.3) is 33.3 Å². The van der Waals surface area contributed by atoms with Gasteiger partial charge < -0.3 is 19.7 Å². The quantitative estimate of drug-likeness (QED) is 0.150. The van der Waals surface area contributed by atoms with Crippen LogP contribution in [0.5, 0.6) is 0 Å². The Morgan fingerprint density at radius 1 is 0.903 bits per heavy atom. The van der Waals surface area contributed by atoms with Gasteiger partial charge >= 0.3 is 5.69 Å². The van der Waals surface area contributed by atoms with Gasteiger partial charge in [0.05, 0.1) is 40.5 Å². The van der Waals surface area contributed by atoms with E-state index >= 15 is 4.39 Å². The molecule has 0 aliphatic carbocycles. The fraction of sp³-hybridized carbons (Fsp3) is 0.340. The third kappa shape index (κ3) is 8.65. The molecule has 8 heterocycles. The molecule has 3 amide bonds. The topological polar surface area (TPSA) is 168 Å². The van der Waals surface area contributed by atoms with Crippen LogP contribution in [0.2, 0.25) is 0 Å². The normalized spacial score (nSPS) is 17.4. The van der Waals surface area contributed by atoms with Crippen molar-refractivity contribution in [3.8, 4) is 5.69 Å². The molecular formula is C53H56F2N12O5. The van der Waals surface area contributed by atoms with E-state index in [1.165, 1.54) is 32.4 Å². The van der Waals surface area contributed by atoms with Crippen molar-refractivity contribution in [2.24, 2.45) is 14.1 Å². The molecule has 0 saturated carbocycles. The molecule has 7 aromatic rings. The molecule has 0 spiro atoms. The zero-order valence-electron chi connectivity index (χ0n) is 41.1. The summed E-state index contributed by atoms with van der Waals surface area (Å²) >= 11 is 0. The van der Waals surface area contributed by atoms with E-state index in [1.807, 2.05) is 61.0 Å². The number of piperidine rings is 1. The van der Waals surface area contributed by atoms with Crippen molar-refractivity contribution in [2.75, 3.05) is 68.5 Å². The number of hydrogen-bond donors (Lipinski definition) is 2. The number of nitrogens with zero attached hydrogens (tertiary/aromatic N) is 10. The fourth-order valence-corrected chi connectivity index (χ4v) is 10.7. The molecular weight excluding hydrogens is 923 g/mol. The summed E-state index contributed by atoms with van der Waals surface area (Å²) in [6.07, 6.45) is 7.56. The van der Waals surface area contributed by atoms with Gasteiger partial charge in [-0.2, -0.15) is 0 Å². The number of imidazole rings is 1. The number of halogens is 2. The average Bonchev–Trinajstić information content (AvgIpc) is 3.85. The number of nitrogens with one attached hydrogen (secondary N) is 2. The van der Waals surface area contributed by atoms with Crippen molar-refractivity contribution in [3.05, 3.63) is 146 Å². The first kappa shape index (κ1) is 47.9. The second-order valence-corrected chi connectivity index (χ2v) is 19.0. The van der Waals surface area contributed by atoms with Gasteiger partial charge in [-0.1, -0.05) is 12.1 Å². The second-order valence-electron chi connectivity index (χ2n) is 19.0. The minimum Gasteiger partial charge on any atom is -0.386 e. The van der Waals surface area contributed by atoms with Gasteiger partial charge in [0.25, 0.3) is 11.5 Å². The number of aromatic nitrogens is 6. The summed E-state index contributed by atoms with van der Waals surface area (Å²) in [5, 5.41) is 5.78. The van der Waals surface area contributed by atoms with E-state index < -0.39 is 23.6 Å². The Hall–Kier alpha value is -7.77. The summed E-state index contributed by atoms with van der Waals surface area (Å²) in [7, 11) is 6.84. The van der Waals surface area contributed by atoms with Crippen LogP contribution in [0.1, 0.15) is 71.0 Å². The van der Waals surface area contributed by atoms with Crippen LogP contribution in [-0.4, -0.2) is 109 Å². The van der Waals surface area contributed by atoms with Crippen LogP contribution in [0.15, 0.2) is 94.9 Å². The summed E-state index contributed by atoms with van der Waals surface area (Å²) in [5.41, 5.74) is 6.90. The van der Waals surface area contributed by atoms with Crippen LogP contribution in [0.3, 0.4) is 0 Å². The number of hydrogen-bond acceptors (Lipinski definition) is 11. The number of anilines is 3. The lowest BCUT2D eigenvalue weighted by atomic mass is 9.92. The van der Waals surface area contributed by atoms with Crippen LogP contribution >= 0.6 is 0 Å². The number of amides is 3. The molecule has 2 atom stereocenters. The Kier molecular flexibility index (Phi) is 12.7. The first-order chi connectivity index (χ1) is 34.6. The van der Waals surface area contributed by atoms with Gasteiger partial charge in [0.15, 0.2) is 5.82 Å². The largest absolute Gasteiger partial charge is 0.386 e. The zero-order valence-corrected chi connectivity index (χ0v) is 41.1. The average molecular weight is 979 g/mol. The zero-order chi connectivity index (χ0) is 50.7. The third-order valence-corrected chi connectivity index (χ3v) is 14.8. The third-order valence-electron chi connectivity index (χ3n) is 14.8. The Labute approximate surface area is 413 Å². The van der Waals surface area contributed by atoms with Gasteiger partial charge in [0.2, 0.25) is 11.8 Å². The van der Waals surface area contributed by atoms with E-state index in [4.69, 9.17) is 4.98 Å². The molecule has 2 saturated heterocycles. The number of rotatable bonds is 11. The van der Waals surface area contributed by atoms with E-state index in [2.05, 4.69) is 37.2 Å². The van der Waals surface area contributed by atoms with Crippen molar-refractivity contribution >= 4 is 62.6 Å². The molecule has 72 heavy (non-hydrogen) atoms. The highest BCUT2D eigenvalue weighted by Gasteiger charge is 2.32. The number of benzene rings is 2. The standard InChI is InChI=1S/C53H56F2N12O5/c1-31-23-35(25-38(54)49(31)34-14-17-64(18-15-34)32(2)44-26-37-41(13-16-57-50(37)61(44)5)66-30-39(55)40(56-3)27-48(66)69)52(71)60(4)36-8-11-46(58-28-36)65-21-19-63(20-22-65)29-33-7-9-42-45(24-33)62(6)53(72)67(42)43-10-12-47(68)59-51(43)70/h7-9,11,13-14,16,23-28,30,32,43,56H,10,12,15,17-22,29H2,1-6H3,(H,59,68,70)/t32-,43?/m0/s1. The molecule has 372 valence electrons. The molecule has 17 nitrogen and oxygen atoms in total. The predicted molar refractivity (Wildman–Crippen MR) is 273 cm³/mol. The van der Waals surface area contributed by atoms with Crippen molar-refractivity contribution in [1.82, 2.24) is 43.4 Å². The monoisotopic (exact) mass is 978 g/mol. The Balaban J connectivity index is 0.756. The molecule has 2 aromatic carbocycles. The lowest BCUT2D eigenvalue weighted by Gasteiger charge is -2.35. The molecule has 1 unspecified atom stereocenters. The first-order valence-corrected chi connectivity index (χ1v) is 24.1. The minimum atomic E-state index is -0.731. The maximum Gasteiger partial charge on any atom is 0.329 e. The molecule has 3 aliphatic heterocycles. The highest BCUT2D eigenvalue weighted by Crippen LogP contribution is 2.35. The van der Waals surface area contributed by atoms with E-state index in [-0.39, 0.29) is 53.2 Å². The number of carbonyl (C=O) groups excluding carboxylic acids is 3. The predicted octanol–water partition coefficient (Wildman–Crippen LogP) is 5.83. The van der Waals surface area contributed by atoms with E-state index in [9.17, 15) is 28.4 Å². The van der Waals surface area contributed by atoms with Crippen LogP contribution in [0, 0.1) is 18.6 Å². The SMILES string of the molecule is CNc1cc(=O)n(-c2ccnc3c2cc([C@H](C)N2CC=C(c4c(C)cc(C(=O)N(C)c5ccc(N6CCN(Cc7ccc8c(c7)n(C)c(=O)n8C7CCC(=O)NC7=O)CC6)nc5)cc4F)CC2)n3C)cc1F. The van der Waals surface area contributed by atoms with Gasteiger partial charge in [-0.3, -0.25) is 48.0 Å². The summed E-state index contributed by atoms with van der Waals surface area (Å²) in [5.74, 6) is -1.35. The van der Waals surface area contributed by atoms with Gasteiger partial charge in [0.1, 0.15) is 23.3 Å². The molecule has 5 aromatic heterocycles. The Bertz CT molecular complexity index is 3450. The van der Waals surface area contributed by atoms with Crippen molar-refractivity contribution in [3.63, 3.8) is 0 Å². The number of carbonyl (C=O) groups is 3. The minimum absolute atomic E-state index is 0.0688. The molecule has 0 radical (unpaired) electrons. The second kappa shape index (κ2) is 19.1. The Morgan fingerprint density at radius 3 is 2.39 bits per heavy atom. The van der Waals surface area contributed by atoms with Gasteiger partial charge in [0, 0.05) is 121 Å². The molecule has 2 N–H and O–H groups in total. The lowest BCUT2D eigenvalue weighted by Crippen LogP contribution is -2.46. The van der Waals surface area contributed by atoms with E-state index in [0.29, 0.717) is 59.7 Å². The fourth-order valence-electron chi connectivity index (χ4n) is 10.7. The van der Waals surface area contributed by atoms with Crippen LogP contribution in [-0.2, 0) is 30.2 Å². The summed E-state index contributed by atoms with van der Waals surface area (Å²) in [6, 6.07) is 16.8. The van der Waals surface area contributed by atoms with Gasteiger partial charge in [-0.05, 0) is 91.9 Å². The van der Waals surface area contributed by atoms with E-state index in [0.717, 1.165) is 59.7 Å². The maximum absolute atomic E-state index is 16.1. The molecule has 10 rings (SSSR count). The number of piperazine rings is 1. The Morgan fingerprint density at radius 2 is 1.69 bits per heavy atom. The number of aryl methyl sites for hydroxylation is 3.